The minimum absolute atomic E-state index is 0.264. The summed E-state index contributed by atoms with van der Waals surface area (Å²) in [6.07, 6.45) is 4.96. The molecule has 1 aromatic heterocycles. The molecule has 1 aromatic carbocycles. The van der Waals surface area contributed by atoms with Crippen molar-refractivity contribution in [3.63, 3.8) is 0 Å². The summed E-state index contributed by atoms with van der Waals surface area (Å²) in [5.41, 5.74) is 2.22. The van der Waals surface area contributed by atoms with Crippen LogP contribution in [0.1, 0.15) is 44.6 Å². The molecule has 0 atom stereocenters. The van der Waals surface area contributed by atoms with Crippen LogP contribution in [0.25, 0.3) is 11.4 Å². The molecule has 6 nitrogen and oxygen atoms in total. The van der Waals surface area contributed by atoms with E-state index >= 15 is 0 Å². The number of carbonyl (C=O) groups is 1. The number of rotatable bonds is 7. The van der Waals surface area contributed by atoms with Gasteiger partial charge in [0.1, 0.15) is 0 Å². The van der Waals surface area contributed by atoms with Gasteiger partial charge in [-0.05, 0) is 51.4 Å². The van der Waals surface area contributed by atoms with E-state index < -0.39 is 0 Å². The molecule has 0 bridgehead atoms. The van der Waals surface area contributed by atoms with Gasteiger partial charge in [-0.15, -0.1) is 0 Å². The molecule has 4 rings (SSSR count). The minimum Gasteiger partial charge on any atom is -0.337 e. The quantitative estimate of drug-likeness (QED) is 0.702. The number of nitrogens with one attached hydrogen (secondary N) is 1. The van der Waals surface area contributed by atoms with E-state index in [0.29, 0.717) is 29.8 Å². The van der Waals surface area contributed by atoms with Crippen molar-refractivity contribution < 1.29 is 4.79 Å². The summed E-state index contributed by atoms with van der Waals surface area (Å²) < 4.78 is 2.53. The van der Waals surface area contributed by atoms with E-state index in [1.807, 2.05) is 4.57 Å². The van der Waals surface area contributed by atoms with Gasteiger partial charge in [0.05, 0.1) is 0 Å². The zero-order valence-electron chi connectivity index (χ0n) is 17.4. The Kier molecular flexibility index (Phi) is 6.15. The fourth-order valence-electron chi connectivity index (χ4n) is 4.36. The number of aryl methyl sites for hydroxylation is 1. The highest BCUT2D eigenvalue weighted by Crippen LogP contribution is 2.32. The highest BCUT2D eigenvalue weighted by Gasteiger charge is 2.38. The van der Waals surface area contributed by atoms with E-state index in [1.54, 1.807) is 0 Å². The molecule has 1 saturated heterocycles. The first kappa shape index (κ1) is 20.3. The molecule has 1 saturated carbocycles. The molecule has 2 aromatic rings. The number of carbonyl (C=O) groups excluding carboxylic acids is 1. The number of hydrogen-bond acceptors (Lipinski definition) is 4. The zero-order chi connectivity index (χ0) is 20.4. The second-order valence-electron chi connectivity index (χ2n) is 8.32. The molecular weight excluding hydrogens is 382 g/mol. The maximum Gasteiger partial charge on any atom is 0.224 e. The molecule has 2 fully saturated rings. The standard InChI is InChI=1S/C22H31N5OS/c1-3-25-13-10-19(11-14-25)27(18-8-9-18)20(28)12-15-26-21(23-24-22(26)29)17-6-4-16(2)5-7-17/h4-7,18-19H,3,8-15H2,1-2H3,(H,24,29). The van der Waals surface area contributed by atoms with Crippen LogP contribution in [-0.4, -0.2) is 62.2 Å². The molecule has 7 heteroatoms. The lowest BCUT2D eigenvalue weighted by molar-refractivity contribution is -0.135. The van der Waals surface area contributed by atoms with Crippen LogP contribution in [0.3, 0.4) is 0 Å². The summed E-state index contributed by atoms with van der Waals surface area (Å²) in [4.78, 5) is 17.9. The third kappa shape index (κ3) is 4.61. The second-order valence-corrected chi connectivity index (χ2v) is 8.70. The number of nitrogens with zero attached hydrogens (tertiary/aromatic N) is 4. The highest BCUT2D eigenvalue weighted by molar-refractivity contribution is 7.71. The largest absolute Gasteiger partial charge is 0.337 e. The van der Waals surface area contributed by atoms with Crippen molar-refractivity contribution in [3.8, 4) is 11.4 Å². The molecule has 1 N–H and O–H groups in total. The fourth-order valence-corrected chi connectivity index (χ4v) is 4.58. The van der Waals surface area contributed by atoms with Crippen molar-refractivity contribution in [3.05, 3.63) is 34.6 Å². The lowest BCUT2D eigenvalue weighted by Gasteiger charge is -2.38. The molecule has 2 aliphatic rings. The van der Waals surface area contributed by atoms with Crippen LogP contribution in [0.15, 0.2) is 24.3 Å². The fraction of sp³-hybridized carbons (Fsp3) is 0.591. The molecule has 0 radical (unpaired) electrons. The Balaban J connectivity index is 1.44. The normalized spacial score (nSPS) is 18.1. The number of piperidine rings is 1. The van der Waals surface area contributed by atoms with E-state index in [4.69, 9.17) is 12.2 Å². The van der Waals surface area contributed by atoms with Gasteiger partial charge in [0, 0.05) is 43.7 Å². The van der Waals surface area contributed by atoms with E-state index in [2.05, 4.69) is 58.1 Å². The summed E-state index contributed by atoms with van der Waals surface area (Å²) in [6.45, 7) is 8.14. The smallest absolute Gasteiger partial charge is 0.224 e. The summed E-state index contributed by atoms with van der Waals surface area (Å²) >= 11 is 5.45. The number of benzene rings is 1. The number of likely N-dealkylation sites (tertiary alicyclic amines) is 1. The number of aromatic nitrogens is 3. The Morgan fingerprint density at radius 1 is 1.17 bits per heavy atom. The Bertz CT molecular complexity index is 891. The summed E-state index contributed by atoms with van der Waals surface area (Å²) in [6, 6.07) is 9.09. The van der Waals surface area contributed by atoms with Crippen LogP contribution in [0.4, 0.5) is 0 Å². The van der Waals surface area contributed by atoms with Crippen molar-refractivity contribution in [2.75, 3.05) is 19.6 Å². The summed E-state index contributed by atoms with van der Waals surface area (Å²) in [5, 5.41) is 7.31. The van der Waals surface area contributed by atoms with Crippen molar-refractivity contribution in [2.45, 2.75) is 64.6 Å². The van der Waals surface area contributed by atoms with Crippen LogP contribution in [0, 0.1) is 11.7 Å². The van der Waals surface area contributed by atoms with Gasteiger partial charge in [-0.1, -0.05) is 36.8 Å². The van der Waals surface area contributed by atoms with Gasteiger partial charge in [-0.25, -0.2) is 0 Å². The van der Waals surface area contributed by atoms with Gasteiger partial charge in [0.2, 0.25) is 5.91 Å². The maximum atomic E-state index is 13.2. The predicted octanol–water partition coefficient (Wildman–Crippen LogP) is 3.78. The second kappa shape index (κ2) is 8.79. The lowest BCUT2D eigenvalue weighted by Crippen LogP contribution is -2.48. The topological polar surface area (TPSA) is 57.2 Å². The number of aromatic amines is 1. The van der Waals surface area contributed by atoms with Gasteiger partial charge in [-0.2, -0.15) is 5.10 Å². The summed E-state index contributed by atoms with van der Waals surface area (Å²) in [5.74, 6) is 1.07. The molecule has 1 aliphatic carbocycles. The van der Waals surface area contributed by atoms with Crippen molar-refractivity contribution in [2.24, 2.45) is 0 Å². The first-order chi connectivity index (χ1) is 14.1. The van der Waals surface area contributed by atoms with Crippen LogP contribution in [-0.2, 0) is 11.3 Å². The third-order valence-electron chi connectivity index (χ3n) is 6.24. The first-order valence-electron chi connectivity index (χ1n) is 10.8. The maximum absolute atomic E-state index is 13.2. The van der Waals surface area contributed by atoms with Crippen molar-refractivity contribution in [1.29, 1.82) is 0 Å². The molecule has 0 unspecified atom stereocenters. The Labute approximate surface area is 177 Å². The first-order valence-corrected chi connectivity index (χ1v) is 11.2. The predicted molar refractivity (Wildman–Crippen MR) is 117 cm³/mol. The molecule has 29 heavy (non-hydrogen) atoms. The van der Waals surface area contributed by atoms with E-state index in [-0.39, 0.29) is 5.91 Å². The number of hydrogen-bond donors (Lipinski definition) is 1. The van der Waals surface area contributed by atoms with E-state index in [1.165, 1.54) is 5.56 Å². The van der Waals surface area contributed by atoms with Gasteiger partial charge in [-0.3, -0.25) is 14.5 Å². The lowest BCUT2D eigenvalue weighted by atomic mass is 10.0. The molecule has 1 amide bonds. The van der Waals surface area contributed by atoms with Crippen molar-refractivity contribution in [1.82, 2.24) is 24.6 Å². The molecule has 2 heterocycles. The van der Waals surface area contributed by atoms with Crippen LogP contribution < -0.4 is 0 Å². The van der Waals surface area contributed by atoms with Crippen LogP contribution in [0.2, 0.25) is 0 Å². The molecule has 0 spiro atoms. The Morgan fingerprint density at radius 2 is 1.83 bits per heavy atom. The van der Waals surface area contributed by atoms with Crippen LogP contribution in [0.5, 0.6) is 0 Å². The van der Waals surface area contributed by atoms with E-state index in [9.17, 15) is 4.79 Å². The molecule has 156 valence electrons. The molecular formula is C22H31N5OS. The van der Waals surface area contributed by atoms with Gasteiger partial charge in [0.15, 0.2) is 10.6 Å². The number of H-pyrrole nitrogens is 1. The van der Waals surface area contributed by atoms with E-state index in [0.717, 1.165) is 56.7 Å². The van der Waals surface area contributed by atoms with Gasteiger partial charge >= 0.3 is 0 Å². The zero-order valence-corrected chi connectivity index (χ0v) is 18.2. The molecule has 1 aliphatic heterocycles. The Hall–Kier alpha value is -1.99. The summed E-state index contributed by atoms with van der Waals surface area (Å²) in [7, 11) is 0. The number of amides is 1. The van der Waals surface area contributed by atoms with Gasteiger partial charge < -0.3 is 9.80 Å². The van der Waals surface area contributed by atoms with Crippen molar-refractivity contribution >= 4 is 18.1 Å². The highest BCUT2D eigenvalue weighted by atomic mass is 32.1. The SMILES string of the molecule is CCN1CCC(N(C(=O)CCn2c(-c3ccc(C)cc3)n[nH]c2=S)C2CC2)CC1. The monoisotopic (exact) mass is 413 g/mol. The third-order valence-corrected chi connectivity index (χ3v) is 6.55. The van der Waals surface area contributed by atoms with Gasteiger partial charge in [0.25, 0.3) is 0 Å². The minimum atomic E-state index is 0.264. The Morgan fingerprint density at radius 3 is 2.45 bits per heavy atom. The average molecular weight is 414 g/mol. The average Bonchev–Trinajstić information content (AvgIpc) is 3.50. The van der Waals surface area contributed by atoms with Crippen LogP contribution >= 0.6 is 12.2 Å².